The maximum atomic E-state index is 12.8. The van der Waals surface area contributed by atoms with E-state index in [4.69, 9.17) is 4.74 Å². The fourth-order valence-corrected chi connectivity index (χ4v) is 5.53. The number of hydrazone groups is 1. The summed E-state index contributed by atoms with van der Waals surface area (Å²) >= 11 is 6.96. The molecule has 0 aromatic heterocycles. The second-order valence-corrected chi connectivity index (χ2v) is 9.95. The van der Waals surface area contributed by atoms with Crippen LogP contribution >= 0.6 is 31.9 Å². The largest absolute Gasteiger partial charge is 0.488 e. The summed E-state index contributed by atoms with van der Waals surface area (Å²) in [6.45, 7) is 0.454. The second-order valence-electron chi connectivity index (χ2n) is 8.18. The lowest BCUT2D eigenvalue weighted by Crippen LogP contribution is -2.38. The van der Waals surface area contributed by atoms with Crippen molar-refractivity contribution in [2.45, 2.75) is 19.4 Å². The van der Waals surface area contributed by atoms with Gasteiger partial charge in [-0.1, -0.05) is 40.2 Å². The number of carbonyl (C=O) groups is 2. The molecule has 1 saturated heterocycles. The van der Waals surface area contributed by atoms with Crippen LogP contribution in [0, 0.1) is 23.7 Å². The van der Waals surface area contributed by atoms with Gasteiger partial charge in [-0.05, 0) is 82.1 Å². The predicted octanol–water partition coefficient (Wildman–Crippen LogP) is 5.32. The van der Waals surface area contributed by atoms with Crippen LogP contribution in [0.2, 0.25) is 0 Å². The summed E-state index contributed by atoms with van der Waals surface area (Å²) in [5.41, 5.74) is 1.84. The topological polar surface area (TPSA) is 59.0 Å². The third-order valence-corrected chi connectivity index (χ3v) is 7.47. The molecule has 4 atom stereocenters. The Morgan fingerprint density at radius 3 is 2.19 bits per heavy atom. The molecular formula is C24H20Br2N2O3. The van der Waals surface area contributed by atoms with E-state index in [-0.39, 0.29) is 35.5 Å². The van der Waals surface area contributed by atoms with Gasteiger partial charge >= 0.3 is 0 Å². The SMILES string of the molecule is O=C1[C@H]2[C@H](C(=O)N1/N=C\c1ccc(OCc3ccc(Br)cc3)c(Br)c1)[C@H]1C=C[C@H]2CC1. The summed E-state index contributed by atoms with van der Waals surface area (Å²) < 4.78 is 7.70. The van der Waals surface area contributed by atoms with E-state index in [0.717, 1.165) is 37.9 Å². The number of amides is 2. The van der Waals surface area contributed by atoms with Crippen LogP contribution in [0.1, 0.15) is 24.0 Å². The number of nitrogens with zero attached hydrogens (tertiary/aromatic N) is 2. The minimum atomic E-state index is -0.241. The van der Waals surface area contributed by atoms with E-state index in [1.807, 2.05) is 42.5 Å². The first-order valence-electron chi connectivity index (χ1n) is 10.3. The number of ether oxygens (including phenoxy) is 1. The lowest BCUT2D eigenvalue weighted by atomic mass is 9.63. The van der Waals surface area contributed by atoms with Crippen LogP contribution in [0.15, 0.2) is 68.7 Å². The average Bonchev–Trinajstić information content (AvgIpc) is 3.05. The van der Waals surface area contributed by atoms with Gasteiger partial charge in [0.05, 0.1) is 22.5 Å². The van der Waals surface area contributed by atoms with E-state index < -0.39 is 0 Å². The number of carbonyl (C=O) groups excluding carboxylic acids is 2. The van der Waals surface area contributed by atoms with Gasteiger partial charge in [-0.15, -0.1) is 0 Å². The van der Waals surface area contributed by atoms with Crippen LogP contribution in [0.25, 0.3) is 0 Å². The summed E-state index contributed by atoms with van der Waals surface area (Å²) in [5.74, 6) is 0.231. The summed E-state index contributed by atoms with van der Waals surface area (Å²) in [6, 6.07) is 13.5. The minimum Gasteiger partial charge on any atom is -0.488 e. The van der Waals surface area contributed by atoms with Crippen molar-refractivity contribution >= 4 is 49.9 Å². The smallest absolute Gasteiger partial charge is 0.254 e. The third-order valence-electron chi connectivity index (χ3n) is 6.32. The Morgan fingerprint density at radius 2 is 1.61 bits per heavy atom. The van der Waals surface area contributed by atoms with E-state index in [0.29, 0.717) is 12.4 Å². The molecule has 6 rings (SSSR count). The average molecular weight is 544 g/mol. The van der Waals surface area contributed by atoms with Crippen molar-refractivity contribution < 1.29 is 14.3 Å². The van der Waals surface area contributed by atoms with Crippen LogP contribution in [0.3, 0.4) is 0 Å². The van der Waals surface area contributed by atoms with E-state index in [9.17, 15) is 9.59 Å². The number of imide groups is 1. The Balaban J connectivity index is 1.27. The Kier molecular flexibility index (Phi) is 5.56. The number of hydrogen-bond acceptors (Lipinski definition) is 4. The van der Waals surface area contributed by atoms with Crippen molar-refractivity contribution in [1.82, 2.24) is 5.01 Å². The van der Waals surface area contributed by atoms with E-state index in [1.165, 1.54) is 0 Å². The molecule has 0 N–H and O–H groups in total. The highest BCUT2D eigenvalue weighted by Gasteiger charge is 2.56. The summed E-state index contributed by atoms with van der Waals surface area (Å²) in [4.78, 5) is 25.7. The zero-order chi connectivity index (χ0) is 21.5. The maximum absolute atomic E-state index is 12.8. The number of halogens is 2. The van der Waals surface area contributed by atoms with E-state index in [1.54, 1.807) is 6.21 Å². The molecule has 0 unspecified atom stereocenters. The number of allylic oxidation sites excluding steroid dienone is 2. The summed E-state index contributed by atoms with van der Waals surface area (Å²) in [5, 5.41) is 5.35. The van der Waals surface area contributed by atoms with Gasteiger partial charge in [0.2, 0.25) is 0 Å². The maximum Gasteiger partial charge on any atom is 0.254 e. The molecule has 0 radical (unpaired) electrons. The Labute approximate surface area is 197 Å². The molecule has 2 amide bonds. The van der Waals surface area contributed by atoms with Gasteiger partial charge in [-0.25, -0.2) is 0 Å². The van der Waals surface area contributed by atoms with Crippen molar-refractivity contribution in [3.8, 4) is 5.75 Å². The first kappa shape index (κ1) is 20.6. The van der Waals surface area contributed by atoms with Gasteiger partial charge < -0.3 is 4.74 Å². The van der Waals surface area contributed by atoms with E-state index >= 15 is 0 Å². The van der Waals surface area contributed by atoms with Crippen LogP contribution in [0.4, 0.5) is 0 Å². The highest BCUT2D eigenvalue weighted by molar-refractivity contribution is 9.10. The lowest BCUT2D eigenvalue weighted by molar-refractivity contribution is -0.140. The fraction of sp³-hybridized carbons (Fsp3) is 0.292. The van der Waals surface area contributed by atoms with Gasteiger partial charge in [0.15, 0.2) is 0 Å². The molecule has 2 fully saturated rings. The third kappa shape index (κ3) is 3.89. The normalized spacial score (nSPS) is 26.7. The predicted molar refractivity (Wildman–Crippen MR) is 124 cm³/mol. The van der Waals surface area contributed by atoms with Crippen LogP contribution in [0.5, 0.6) is 5.75 Å². The minimum absolute atomic E-state index is 0.168. The Bertz CT molecular complexity index is 1060. The molecule has 2 aromatic carbocycles. The Morgan fingerprint density at radius 1 is 0.968 bits per heavy atom. The first-order valence-corrected chi connectivity index (χ1v) is 11.9. The standard InChI is InChI=1S/C24H20Br2N2O3/c25-18-8-1-14(2-9-18)13-31-20-10-3-15(11-19(20)26)12-27-28-23(29)21-16-4-5-17(7-6-16)22(21)24(28)30/h1-5,8-12,16-17,21-22H,6-7,13H2/b27-12-/t16-,17-,21+,22+/m0/s1. The highest BCUT2D eigenvalue weighted by atomic mass is 79.9. The molecule has 2 bridgehead atoms. The van der Waals surface area contributed by atoms with Crippen molar-refractivity contribution in [2.24, 2.45) is 28.8 Å². The molecule has 1 saturated carbocycles. The molecule has 4 aliphatic rings. The fourth-order valence-electron chi connectivity index (χ4n) is 4.75. The van der Waals surface area contributed by atoms with E-state index in [2.05, 4.69) is 49.1 Å². The van der Waals surface area contributed by atoms with Crippen molar-refractivity contribution in [2.75, 3.05) is 0 Å². The number of fused-ring (bicyclic) bond motifs is 1. The Hall–Kier alpha value is -2.25. The molecule has 7 heteroatoms. The molecule has 1 aliphatic heterocycles. The van der Waals surface area contributed by atoms with Gasteiger partial charge in [0.1, 0.15) is 12.4 Å². The van der Waals surface area contributed by atoms with Crippen LogP contribution in [-0.4, -0.2) is 23.0 Å². The van der Waals surface area contributed by atoms with Crippen molar-refractivity contribution in [3.63, 3.8) is 0 Å². The van der Waals surface area contributed by atoms with Gasteiger partial charge in [-0.2, -0.15) is 10.1 Å². The zero-order valence-electron chi connectivity index (χ0n) is 16.6. The number of rotatable bonds is 5. The molecule has 2 aromatic rings. The summed E-state index contributed by atoms with van der Waals surface area (Å²) in [7, 11) is 0. The van der Waals surface area contributed by atoms with Crippen molar-refractivity contribution in [1.29, 1.82) is 0 Å². The monoisotopic (exact) mass is 542 g/mol. The highest BCUT2D eigenvalue weighted by Crippen LogP contribution is 2.49. The molecule has 3 aliphatic carbocycles. The van der Waals surface area contributed by atoms with Crippen LogP contribution < -0.4 is 4.74 Å². The zero-order valence-corrected chi connectivity index (χ0v) is 19.8. The number of benzene rings is 2. The quantitative estimate of drug-likeness (QED) is 0.291. The summed E-state index contributed by atoms with van der Waals surface area (Å²) in [6.07, 6.45) is 7.74. The molecule has 1 heterocycles. The first-order chi connectivity index (χ1) is 15.0. The second kappa shape index (κ2) is 8.36. The molecule has 31 heavy (non-hydrogen) atoms. The molecule has 5 nitrogen and oxygen atoms in total. The lowest BCUT2D eigenvalue weighted by Gasteiger charge is -2.37. The van der Waals surface area contributed by atoms with Gasteiger partial charge in [-0.3, -0.25) is 9.59 Å². The molecular weight excluding hydrogens is 524 g/mol. The van der Waals surface area contributed by atoms with Crippen molar-refractivity contribution in [3.05, 3.63) is 74.7 Å². The van der Waals surface area contributed by atoms with Gasteiger partial charge in [0.25, 0.3) is 11.8 Å². The number of hydrogen-bond donors (Lipinski definition) is 0. The molecule has 0 spiro atoms. The van der Waals surface area contributed by atoms with Crippen LogP contribution in [-0.2, 0) is 16.2 Å². The molecule has 158 valence electrons. The van der Waals surface area contributed by atoms with Gasteiger partial charge in [0, 0.05) is 4.47 Å².